The molecule has 0 aliphatic rings. The third-order valence-corrected chi connectivity index (χ3v) is 4.77. The molecular formula is C21H23N3O4. The van der Waals surface area contributed by atoms with Crippen molar-refractivity contribution in [2.75, 3.05) is 0 Å². The fourth-order valence-corrected chi connectivity index (χ4v) is 3.12. The van der Waals surface area contributed by atoms with Gasteiger partial charge in [0, 0.05) is 12.1 Å². The van der Waals surface area contributed by atoms with Crippen LogP contribution in [0.1, 0.15) is 42.3 Å². The number of nitrogens with zero attached hydrogens (tertiary/aromatic N) is 2. The second-order valence-electron chi connectivity index (χ2n) is 7.75. The Morgan fingerprint density at radius 1 is 1.11 bits per heavy atom. The van der Waals surface area contributed by atoms with E-state index in [1.165, 1.54) is 18.2 Å². The van der Waals surface area contributed by atoms with Crippen molar-refractivity contribution in [1.29, 1.82) is 0 Å². The topological polar surface area (TPSA) is 95.4 Å². The molecule has 2 N–H and O–H groups in total. The minimum Gasteiger partial charge on any atom is -0.478 e. The Labute approximate surface area is 162 Å². The van der Waals surface area contributed by atoms with Gasteiger partial charge in [0.25, 0.3) is 5.56 Å². The number of carbonyl (C=O) groups excluding carboxylic acids is 1. The maximum absolute atomic E-state index is 13.3. The Morgan fingerprint density at radius 2 is 1.79 bits per heavy atom. The van der Waals surface area contributed by atoms with Gasteiger partial charge in [-0.15, -0.1) is 0 Å². The van der Waals surface area contributed by atoms with Crippen LogP contribution in [0.3, 0.4) is 0 Å². The summed E-state index contributed by atoms with van der Waals surface area (Å²) >= 11 is 0. The molecule has 7 nitrogen and oxygen atoms in total. The minimum absolute atomic E-state index is 0.0534. The van der Waals surface area contributed by atoms with Crippen molar-refractivity contribution in [1.82, 2.24) is 14.7 Å². The summed E-state index contributed by atoms with van der Waals surface area (Å²) < 4.78 is 0.890. The van der Waals surface area contributed by atoms with Gasteiger partial charge in [-0.25, -0.2) is 9.59 Å². The van der Waals surface area contributed by atoms with E-state index in [0.29, 0.717) is 6.54 Å². The maximum atomic E-state index is 13.3. The van der Waals surface area contributed by atoms with Crippen LogP contribution in [0.25, 0.3) is 10.9 Å². The summed E-state index contributed by atoms with van der Waals surface area (Å²) in [6.45, 7) is 7.95. The minimum atomic E-state index is -1.17. The number of carbonyl (C=O) groups is 2. The Kier molecular flexibility index (Phi) is 4.85. The maximum Gasteiger partial charge on any atom is 0.346 e. The lowest BCUT2D eigenvalue weighted by molar-refractivity contribution is 0.0698. The van der Waals surface area contributed by atoms with Crippen LogP contribution in [0.15, 0.2) is 47.3 Å². The number of rotatable bonds is 3. The third-order valence-electron chi connectivity index (χ3n) is 4.77. The van der Waals surface area contributed by atoms with E-state index in [0.717, 1.165) is 15.8 Å². The number of aromatic nitrogens is 2. The number of nitrogens with one attached hydrogen (secondary N) is 1. The van der Waals surface area contributed by atoms with E-state index in [1.54, 1.807) is 4.90 Å². The zero-order chi connectivity index (χ0) is 20.6. The molecule has 1 heterocycles. The Hall–Kier alpha value is -3.35. The summed E-state index contributed by atoms with van der Waals surface area (Å²) in [5, 5.41) is 12.2. The van der Waals surface area contributed by atoms with Gasteiger partial charge < -0.3 is 10.0 Å². The molecule has 0 saturated heterocycles. The van der Waals surface area contributed by atoms with E-state index >= 15 is 0 Å². The lowest BCUT2D eigenvalue weighted by Crippen LogP contribution is -2.49. The molecule has 0 atom stereocenters. The summed E-state index contributed by atoms with van der Waals surface area (Å²) in [5.41, 5.74) is 0.969. The largest absolute Gasteiger partial charge is 0.478 e. The van der Waals surface area contributed by atoms with Gasteiger partial charge in [-0.2, -0.15) is 4.68 Å². The van der Waals surface area contributed by atoms with Crippen LogP contribution in [0, 0.1) is 6.92 Å². The molecule has 28 heavy (non-hydrogen) atoms. The number of hydrogen-bond donors (Lipinski definition) is 2. The highest BCUT2D eigenvalue weighted by Gasteiger charge is 2.30. The first kappa shape index (κ1) is 19.4. The van der Waals surface area contributed by atoms with Gasteiger partial charge in [0.15, 0.2) is 0 Å². The van der Waals surface area contributed by atoms with E-state index in [4.69, 9.17) is 0 Å². The van der Waals surface area contributed by atoms with E-state index in [-0.39, 0.29) is 16.5 Å². The lowest BCUT2D eigenvalue weighted by atomic mass is 10.0. The fraction of sp³-hybridized carbons (Fsp3) is 0.286. The first-order valence-corrected chi connectivity index (χ1v) is 8.95. The van der Waals surface area contributed by atoms with E-state index < -0.39 is 23.1 Å². The predicted octanol–water partition coefficient (Wildman–Crippen LogP) is 3.61. The molecular weight excluding hydrogens is 358 g/mol. The average Bonchev–Trinajstić information content (AvgIpc) is 2.96. The smallest absolute Gasteiger partial charge is 0.346 e. The third kappa shape index (κ3) is 3.43. The molecule has 1 amide bonds. The van der Waals surface area contributed by atoms with Crippen molar-refractivity contribution in [3.8, 4) is 0 Å². The number of amides is 1. The molecule has 3 aromatic rings. The molecule has 0 radical (unpaired) electrons. The molecule has 0 fully saturated rings. The number of hydrogen-bond acceptors (Lipinski definition) is 3. The molecule has 7 heteroatoms. The summed E-state index contributed by atoms with van der Waals surface area (Å²) in [6, 6.07) is 11.6. The zero-order valence-electron chi connectivity index (χ0n) is 16.3. The molecule has 3 rings (SSSR count). The van der Waals surface area contributed by atoms with Crippen molar-refractivity contribution < 1.29 is 14.7 Å². The van der Waals surface area contributed by atoms with Crippen LogP contribution < -0.4 is 5.56 Å². The Balaban J connectivity index is 2.10. The predicted molar refractivity (Wildman–Crippen MR) is 107 cm³/mol. The highest BCUT2D eigenvalue weighted by atomic mass is 16.4. The number of aromatic carboxylic acids is 1. The van der Waals surface area contributed by atoms with Crippen molar-refractivity contribution >= 4 is 22.9 Å². The normalized spacial score (nSPS) is 11.6. The van der Waals surface area contributed by atoms with Crippen LogP contribution in [-0.4, -0.2) is 37.3 Å². The van der Waals surface area contributed by atoms with Gasteiger partial charge in [0.1, 0.15) is 0 Å². The number of carboxylic acids is 1. The van der Waals surface area contributed by atoms with Crippen LogP contribution in [0.5, 0.6) is 0 Å². The number of H-pyrrole nitrogens is 1. The summed E-state index contributed by atoms with van der Waals surface area (Å²) in [5.74, 6) is -1.17. The molecule has 0 aliphatic heterocycles. The Bertz CT molecular complexity index is 1120. The summed E-state index contributed by atoms with van der Waals surface area (Å²) in [7, 11) is 0. The van der Waals surface area contributed by atoms with Gasteiger partial charge in [-0.1, -0.05) is 30.3 Å². The number of aryl methyl sites for hydroxylation is 1. The first-order chi connectivity index (χ1) is 13.1. The van der Waals surface area contributed by atoms with Gasteiger partial charge in [0.2, 0.25) is 0 Å². The van der Waals surface area contributed by atoms with Crippen LogP contribution in [0.2, 0.25) is 0 Å². The highest BCUT2D eigenvalue weighted by molar-refractivity contribution is 6.02. The van der Waals surface area contributed by atoms with Crippen molar-refractivity contribution in [2.24, 2.45) is 0 Å². The summed E-state index contributed by atoms with van der Waals surface area (Å²) in [4.78, 5) is 39.1. The van der Waals surface area contributed by atoms with Crippen LogP contribution in [0.4, 0.5) is 4.79 Å². The molecule has 146 valence electrons. The fourth-order valence-electron chi connectivity index (χ4n) is 3.12. The second-order valence-corrected chi connectivity index (χ2v) is 7.75. The van der Waals surface area contributed by atoms with Crippen LogP contribution in [-0.2, 0) is 6.54 Å². The number of carboxylic acid groups (broad SMARTS) is 1. The van der Waals surface area contributed by atoms with Crippen LogP contribution >= 0.6 is 0 Å². The van der Waals surface area contributed by atoms with Crippen molar-refractivity contribution in [3.05, 3.63) is 69.5 Å². The number of para-hydroxylation sites is 1. The van der Waals surface area contributed by atoms with E-state index in [2.05, 4.69) is 5.10 Å². The SMILES string of the molecule is Cc1ccccc1CN(C(=O)n1[nH]c2c(C(=O)O)cccc2c1=O)C(C)(C)C. The van der Waals surface area contributed by atoms with Gasteiger partial charge >= 0.3 is 12.0 Å². The molecule has 0 spiro atoms. The molecule has 0 unspecified atom stereocenters. The van der Waals surface area contributed by atoms with Gasteiger partial charge in [-0.05, 0) is 51.0 Å². The number of aromatic amines is 1. The molecule has 0 bridgehead atoms. The van der Waals surface area contributed by atoms with Crippen molar-refractivity contribution in [3.63, 3.8) is 0 Å². The van der Waals surface area contributed by atoms with Crippen molar-refractivity contribution in [2.45, 2.75) is 39.8 Å². The second kappa shape index (κ2) is 6.99. The zero-order valence-corrected chi connectivity index (χ0v) is 16.3. The average molecular weight is 381 g/mol. The quantitative estimate of drug-likeness (QED) is 0.724. The molecule has 0 aliphatic carbocycles. The highest BCUT2D eigenvalue weighted by Crippen LogP contribution is 2.21. The number of fused-ring (bicyclic) bond motifs is 1. The number of benzene rings is 2. The van der Waals surface area contributed by atoms with Gasteiger partial charge in [-0.3, -0.25) is 9.89 Å². The van der Waals surface area contributed by atoms with Gasteiger partial charge in [0.05, 0.1) is 16.5 Å². The lowest BCUT2D eigenvalue weighted by Gasteiger charge is -2.35. The van der Waals surface area contributed by atoms with E-state index in [1.807, 2.05) is 52.0 Å². The Morgan fingerprint density at radius 3 is 2.39 bits per heavy atom. The standard InChI is InChI=1S/C21H23N3O4/c1-13-8-5-6-9-14(13)12-23(21(2,3)4)20(28)24-18(25)15-10-7-11-16(19(26)27)17(15)22-24/h5-11,22H,12H2,1-4H3,(H,26,27). The first-order valence-electron chi connectivity index (χ1n) is 8.95. The molecule has 0 saturated carbocycles. The summed E-state index contributed by atoms with van der Waals surface area (Å²) in [6.07, 6.45) is 0. The monoisotopic (exact) mass is 381 g/mol. The van der Waals surface area contributed by atoms with E-state index in [9.17, 15) is 19.5 Å². The molecule has 1 aromatic heterocycles. The molecule has 2 aromatic carbocycles.